The summed E-state index contributed by atoms with van der Waals surface area (Å²) in [6.45, 7) is 2.11. The van der Waals surface area contributed by atoms with Gasteiger partial charge in [-0.2, -0.15) is 0 Å². The van der Waals surface area contributed by atoms with Crippen molar-refractivity contribution in [1.29, 1.82) is 0 Å². The molecule has 1 amide bonds. The van der Waals surface area contributed by atoms with Crippen LogP contribution in [0.2, 0.25) is 0 Å². The number of benzene rings is 1. The molecule has 0 unspecified atom stereocenters. The molecule has 4 nitrogen and oxygen atoms in total. The van der Waals surface area contributed by atoms with Gasteiger partial charge in [0.1, 0.15) is 5.82 Å². The fraction of sp³-hybridized carbons (Fsp3) is 0.333. The number of nitrogens with two attached hydrogens (primary N) is 2. The summed E-state index contributed by atoms with van der Waals surface area (Å²) in [7, 11) is 0. The minimum atomic E-state index is -0.256. The van der Waals surface area contributed by atoms with Crippen LogP contribution < -0.4 is 11.5 Å². The van der Waals surface area contributed by atoms with Gasteiger partial charge in [-0.05, 0) is 48.9 Å². The molecule has 0 atom stereocenters. The predicted octanol–water partition coefficient (Wildman–Crippen LogP) is 3.13. The molecule has 1 aromatic heterocycles. The Balaban J connectivity index is 2.30. The monoisotopic (exact) mass is 297 g/mol. The number of carbonyl (C=O) groups is 1. The van der Waals surface area contributed by atoms with Crippen molar-refractivity contribution in [3.63, 3.8) is 0 Å². The molecule has 0 aliphatic carbocycles. The lowest BCUT2D eigenvalue weighted by Gasteiger charge is -2.09. The summed E-state index contributed by atoms with van der Waals surface area (Å²) >= 11 is 0. The first kappa shape index (κ1) is 16.0. The van der Waals surface area contributed by atoms with E-state index in [0.29, 0.717) is 12.2 Å². The Kier molecular flexibility index (Phi) is 5.53. The molecule has 116 valence electrons. The van der Waals surface area contributed by atoms with Crippen LogP contribution in [-0.4, -0.2) is 10.9 Å². The number of nitrogen functional groups attached to an aromatic ring is 1. The number of aryl methyl sites for hydroxylation is 1. The van der Waals surface area contributed by atoms with Crippen molar-refractivity contribution in [3.05, 3.63) is 47.5 Å². The zero-order valence-electron chi connectivity index (χ0n) is 13.0. The molecule has 4 heteroatoms. The van der Waals surface area contributed by atoms with Gasteiger partial charge in [0.25, 0.3) is 0 Å². The minimum absolute atomic E-state index is 0.256. The Hall–Kier alpha value is -2.36. The van der Waals surface area contributed by atoms with Crippen LogP contribution in [0.25, 0.3) is 10.9 Å². The normalized spacial score (nSPS) is 11.3. The molecule has 22 heavy (non-hydrogen) atoms. The molecule has 0 bridgehead atoms. The van der Waals surface area contributed by atoms with E-state index >= 15 is 0 Å². The molecule has 0 aliphatic heterocycles. The summed E-state index contributed by atoms with van der Waals surface area (Å²) in [6.07, 6.45) is 8.03. The largest absolute Gasteiger partial charge is 0.383 e. The van der Waals surface area contributed by atoms with Gasteiger partial charge in [0.15, 0.2) is 0 Å². The third-order valence-corrected chi connectivity index (χ3v) is 3.67. The van der Waals surface area contributed by atoms with Gasteiger partial charge in [0.2, 0.25) is 5.91 Å². The highest BCUT2D eigenvalue weighted by Gasteiger charge is 2.07. The quantitative estimate of drug-likeness (QED) is 0.770. The van der Waals surface area contributed by atoms with Crippen molar-refractivity contribution in [1.82, 2.24) is 4.98 Å². The summed E-state index contributed by atoms with van der Waals surface area (Å²) in [5, 5.41) is 1.11. The number of rotatable bonds is 7. The molecular weight excluding hydrogens is 274 g/mol. The third kappa shape index (κ3) is 4.07. The molecule has 0 radical (unpaired) electrons. The van der Waals surface area contributed by atoms with Gasteiger partial charge in [0, 0.05) is 11.8 Å². The van der Waals surface area contributed by atoms with E-state index in [2.05, 4.69) is 36.2 Å². The maximum Gasteiger partial charge on any atom is 0.217 e. The van der Waals surface area contributed by atoms with Gasteiger partial charge in [-0.25, -0.2) is 4.98 Å². The number of allylic oxidation sites excluding steroid dienone is 2. The topological polar surface area (TPSA) is 82.0 Å². The smallest absolute Gasteiger partial charge is 0.217 e. The second kappa shape index (κ2) is 7.59. The maximum absolute atomic E-state index is 10.9. The van der Waals surface area contributed by atoms with Gasteiger partial charge in [-0.15, -0.1) is 0 Å². The van der Waals surface area contributed by atoms with Crippen molar-refractivity contribution in [3.8, 4) is 0 Å². The highest BCUT2D eigenvalue weighted by molar-refractivity contribution is 5.85. The first-order valence-corrected chi connectivity index (χ1v) is 7.72. The van der Waals surface area contributed by atoms with Gasteiger partial charge in [0.05, 0.1) is 5.52 Å². The van der Waals surface area contributed by atoms with E-state index in [1.165, 1.54) is 5.56 Å². The van der Waals surface area contributed by atoms with E-state index in [-0.39, 0.29) is 5.91 Å². The number of hydrogen-bond acceptors (Lipinski definition) is 3. The average Bonchev–Trinajstić information content (AvgIpc) is 2.48. The molecule has 0 fully saturated rings. The molecule has 0 aliphatic rings. The zero-order chi connectivity index (χ0) is 15.9. The third-order valence-electron chi connectivity index (χ3n) is 3.67. The summed E-state index contributed by atoms with van der Waals surface area (Å²) < 4.78 is 0. The van der Waals surface area contributed by atoms with Crippen molar-refractivity contribution in [2.75, 3.05) is 5.73 Å². The highest BCUT2D eigenvalue weighted by atomic mass is 16.1. The fourth-order valence-corrected chi connectivity index (χ4v) is 2.52. The number of carbonyl (C=O) groups excluding carboxylic acids is 1. The van der Waals surface area contributed by atoms with E-state index in [0.717, 1.165) is 42.1 Å². The van der Waals surface area contributed by atoms with Crippen LogP contribution in [0.4, 0.5) is 5.82 Å². The molecule has 0 saturated heterocycles. The molecular formula is C18H23N3O. The molecule has 0 saturated carbocycles. The average molecular weight is 297 g/mol. The van der Waals surface area contributed by atoms with Crippen LogP contribution in [0.3, 0.4) is 0 Å². The first-order chi connectivity index (χ1) is 10.6. The number of pyridine rings is 1. The number of primary amides is 1. The Morgan fingerprint density at radius 3 is 2.82 bits per heavy atom. The van der Waals surface area contributed by atoms with Crippen LogP contribution in [0.1, 0.15) is 37.3 Å². The second-order valence-electron chi connectivity index (χ2n) is 5.42. The van der Waals surface area contributed by atoms with Crippen LogP contribution in [0.5, 0.6) is 0 Å². The standard InChI is InChI=1S/C18H23N3O/c1-2-3-4-7-14-12-15-13(9-6-11-17(19)22)8-5-10-16(15)21-18(14)20/h3-5,8,10,12H,2,6-7,9,11H2,1H3,(H2,19,22)(H2,20,21)/b4-3+. The maximum atomic E-state index is 10.9. The second-order valence-corrected chi connectivity index (χ2v) is 5.42. The molecule has 1 heterocycles. The lowest BCUT2D eigenvalue weighted by molar-refractivity contribution is -0.118. The molecule has 2 aromatic rings. The van der Waals surface area contributed by atoms with E-state index in [1.807, 2.05) is 12.1 Å². The summed E-state index contributed by atoms with van der Waals surface area (Å²) in [4.78, 5) is 15.4. The van der Waals surface area contributed by atoms with Crippen LogP contribution in [-0.2, 0) is 17.6 Å². The van der Waals surface area contributed by atoms with E-state index in [4.69, 9.17) is 11.5 Å². The highest BCUT2D eigenvalue weighted by Crippen LogP contribution is 2.24. The van der Waals surface area contributed by atoms with Gasteiger partial charge >= 0.3 is 0 Å². The lowest BCUT2D eigenvalue weighted by atomic mass is 10.00. The Labute approximate surface area is 131 Å². The number of fused-ring (bicyclic) bond motifs is 1. The van der Waals surface area contributed by atoms with Crippen LogP contribution >= 0.6 is 0 Å². The molecule has 0 spiro atoms. The fourth-order valence-electron chi connectivity index (χ4n) is 2.52. The van der Waals surface area contributed by atoms with Crippen molar-refractivity contribution < 1.29 is 4.79 Å². The summed E-state index contributed by atoms with van der Waals surface area (Å²) in [5.74, 6) is 0.329. The van der Waals surface area contributed by atoms with Gasteiger partial charge < -0.3 is 11.5 Å². The van der Waals surface area contributed by atoms with Crippen LogP contribution in [0.15, 0.2) is 36.4 Å². The van der Waals surface area contributed by atoms with Crippen LogP contribution in [0, 0.1) is 0 Å². The summed E-state index contributed by atoms with van der Waals surface area (Å²) in [6, 6.07) is 8.14. The SMILES string of the molecule is CC/C=C/Cc1cc2c(CCCC(N)=O)cccc2nc1N. The zero-order valence-corrected chi connectivity index (χ0v) is 13.0. The lowest BCUT2D eigenvalue weighted by Crippen LogP contribution is -2.10. The Bertz CT molecular complexity index is 692. The van der Waals surface area contributed by atoms with Gasteiger partial charge in [-0.3, -0.25) is 4.79 Å². The number of anilines is 1. The number of amides is 1. The van der Waals surface area contributed by atoms with Gasteiger partial charge in [-0.1, -0.05) is 31.2 Å². The number of hydrogen-bond donors (Lipinski definition) is 2. The Morgan fingerprint density at radius 2 is 2.09 bits per heavy atom. The number of aromatic nitrogens is 1. The van der Waals surface area contributed by atoms with Crippen molar-refractivity contribution in [2.24, 2.45) is 5.73 Å². The van der Waals surface area contributed by atoms with Crippen molar-refractivity contribution in [2.45, 2.75) is 39.0 Å². The predicted molar refractivity (Wildman–Crippen MR) is 91.4 cm³/mol. The first-order valence-electron chi connectivity index (χ1n) is 7.72. The Morgan fingerprint density at radius 1 is 1.27 bits per heavy atom. The van der Waals surface area contributed by atoms with Crippen molar-refractivity contribution >= 4 is 22.6 Å². The molecule has 4 N–H and O–H groups in total. The van der Waals surface area contributed by atoms with E-state index < -0.39 is 0 Å². The molecule has 1 aromatic carbocycles. The van der Waals surface area contributed by atoms with E-state index in [9.17, 15) is 4.79 Å². The minimum Gasteiger partial charge on any atom is -0.383 e. The van der Waals surface area contributed by atoms with E-state index in [1.54, 1.807) is 0 Å². The number of nitrogens with zero attached hydrogens (tertiary/aromatic N) is 1. The summed E-state index contributed by atoms with van der Waals surface area (Å²) in [5.41, 5.74) is 14.4. The molecule has 2 rings (SSSR count).